The standard InChI is InChI=1S/C17H32O4/c1-3-10-15-16(21-15)11-8-6-4-5-7-9-12-17(19)20-14(2)13-18/h14-16,18H,3-13H2,1-2H3. The number of aliphatic hydroxyl groups excluding tert-OH is 1. The summed E-state index contributed by atoms with van der Waals surface area (Å²) in [4.78, 5) is 11.4. The first-order valence-corrected chi connectivity index (χ1v) is 8.63. The largest absolute Gasteiger partial charge is 0.460 e. The predicted octanol–water partition coefficient (Wildman–Crippen LogP) is 3.60. The lowest BCUT2D eigenvalue weighted by Gasteiger charge is -2.09. The molecule has 3 atom stereocenters. The van der Waals surface area contributed by atoms with Crippen molar-refractivity contribution in [2.45, 2.75) is 96.4 Å². The summed E-state index contributed by atoms with van der Waals surface area (Å²) >= 11 is 0. The molecule has 1 aliphatic rings. The van der Waals surface area contributed by atoms with Crippen molar-refractivity contribution in [1.82, 2.24) is 0 Å². The third kappa shape index (κ3) is 9.10. The van der Waals surface area contributed by atoms with E-state index in [1.165, 1.54) is 44.9 Å². The zero-order chi connectivity index (χ0) is 15.5. The molecule has 0 aliphatic carbocycles. The second-order valence-corrected chi connectivity index (χ2v) is 6.14. The lowest BCUT2D eigenvalue weighted by atomic mass is 10.1. The van der Waals surface area contributed by atoms with E-state index in [4.69, 9.17) is 14.6 Å². The minimum absolute atomic E-state index is 0.102. The fraction of sp³-hybridized carbons (Fsp3) is 0.941. The number of hydrogen-bond acceptors (Lipinski definition) is 4. The Kier molecular flexibility index (Phi) is 9.68. The Morgan fingerprint density at radius 2 is 1.71 bits per heavy atom. The first-order valence-electron chi connectivity index (χ1n) is 8.63. The van der Waals surface area contributed by atoms with Gasteiger partial charge in [0.2, 0.25) is 0 Å². The summed E-state index contributed by atoms with van der Waals surface area (Å²) < 4.78 is 10.6. The molecule has 1 N–H and O–H groups in total. The first kappa shape index (κ1) is 18.4. The first-order chi connectivity index (χ1) is 10.2. The molecule has 0 bridgehead atoms. The normalized spacial score (nSPS) is 22.0. The van der Waals surface area contributed by atoms with Crippen LogP contribution < -0.4 is 0 Å². The molecule has 1 rings (SSSR count). The SMILES string of the molecule is CCCC1OC1CCCCCCCCC(=O)OC(C)CO. The maximum atomic E-state index is 11.4. The van der Waals surface area contributed by atoms with Gasteiger partial charge >= 0.3 is 5.97 Å². The summed E-state index contributed by atoms with van der Waals surface area (Å²) in [5.74, 6) is -0.190. The van der Waals surface area contributed by atoms with Crippen LogP contribution >= 0.6 is 0 Å². The molecule has 0 aromatic rings. The highest BCUT2D eigenvalue weighted by Crippen LogP contribution is 2.30. The predicted molar refractivity (Wildman–Crippen MR) is 83.1 cm³/mol. The van der Waals surface area contributed by atoms with Gasteiger partial charge in [0.1, 0.15) is 6.10 Å². The molecule has 1 fully saturated rings. The summed E-state index contributed by atoms with van der Waals surface area (Å²) in [5.41, 5.74) is 0. The molecule has 4 nitrogen and oxygen atoms in total. The van der Waals surface area contributed by atoms with Crippen LogP contribution in [-0.4, -0.2) is 36.0 Å². The Bertz CT molecular complexity index is 280. The molecule has 1 aliphatic heterocycles. The fourth-order valence-electron chi connectivity index (χ4n) is 2.61. The van der Waals surface area contributed by atoms with E-state index in [-0.39, 0.29) is 18.7 Å². The van der Waals surface area contributed by atoms with Crippen molar-refractivity contribution in [3.05, 3.63) is 0 Å². The number of hydrogen-bond donors (Lipinski definition) is 1. The lowest BCUT2D eigenvalue weighted by Crippen LogP contribution is -2.18. The highest BCUT2D eigenvalue weighted by Gasteiger charge is 2.36. The summed E-state index contributed by atoms with van der Waals surface area (Å²) in [5, 5.41) is 8.78. The quantitative estimate of drug-likeness (QED) is 0.321. The van der Waals surface area contributed by atoms with Crippen molar-refractivity contribution in [1.29, 1.82) is 0 Å². The van der Waals surface area contributed by atoms with Crippen LogP contribution in [0.3, 0.4) is 0 Å². The van der Waals surface area contributed by atoms with Crippen molar-refractivity contribution >= 4 is 5.97 Å². The summed E-state index contributed by atoms with van der Waals surface area (Å²) in [6.45, 7) is 3.81. The molecule has 3 unspecified atom stereocenters. The number of aliphatic hydroxyl groups is 1. The molecule has 0 radical (unpaired) electrons. The molecule has 0 spiro atoms. The fourth-order valence-corrected chi connectivity index (χ4v) is 2.61. The minimum atomic E-state index is -0.376. The minimum Gasteiger partial charge on any atom is -0.460 e. The van der Waals surface area contributed by atoms with E-state index in [0.717, 1.165) is 12.8 Å². The van der Waals surface area contributed by atoms with Crippen molar-refractivity contribution in [3.63, 3.8) is 0 Å². The Morgan fingerprint density at radius 3 is 2.38 bits per heavy atom. The molecule has 1 saturated heterocycles. The number of ether oxygens (including phenoxy) is 2. The van der Waals surface area contributed by atoms with Gasteiger partial charge in [-0.25, -0.2) is 0 Å². The molecule has 0 aromatic carbocycles. The van der Waals surface area contributed by atoms with Gasteiger partial charge in [-0.3, -0.25) is 4.79 Å². The second-order valence-electron chi connectivity index (χ2n) is 6.14. The van der Waals surface area contributed by atoms with Gasteiger partial charge < -0.3 is 14.6 Å². The Balaban J connectivity index is 1.80. The van der Waals surface area contributed by atoms with Crippen LogP contribution in [0.5, 0.6) is 0 Å². The van der Waals surface area contributed by atoms with Crippen molar-refractivity contribution in [2.24, 2.45) is 0 Å². The van der Waals surface area contributed by atoms with Crippen LogP contribution in [0.15, 0.2) is 0 Å². The van der Waals surface area contributed by atoms with Crippen LogP contribution in [0.1, 0.15) is 78.1 Å². The van der Waals surface area contributed by atoms with E-state index >= 15 is 0 Å². The zero-order valence-electron chi connectivity index (χ0n) is 13.7. The van der Waals surface area contributed by atoms with Crippen LogP contribution in [0, 0.1) is 0 Å². The van der Waals surface area contributed by atoms with E-state index in [2.05, 4.69) is 6.92 Å². The highest BCUT2D eigenvalue weighted by atomic mass is 16.6. The average Bonchev–Trinajstić information content (AvgIpc) is 3.20. The molecular formula is C17H32O4. The number of rotatable bonds is 13. The number of esters is 1. The maximum absolute atomic E-state index is 11.4. The third-order valence-corrected chi connectivity index (χ3v) is 3.97. The summed E-state index contributed by atoms with van der Waals surface area (Å²) in [6, 6.07) is 0. The molecular weight excluding hydrogens is 268 g/mol. The number of carbonyl (C=O) groups excluding carboxylic acids is 1. The van der Waals surface area contributed by atoms with E-state index in [1.54, 1.807) is 6.92 Å². The van der Waals surface area contributed by atoms with E-state index in [9.17, 15) is 4.79 Å². The highest BCUT2D eigenvalue weighted by molar-refractivity contribution is 5.69. The molecule has 1 heterocycles. The van der Waals surface area contributed by atoms with Gasteiger partial charge in [-0.2, -0.15) is 0 Å². The van der Waals surface area contributed by atoms with Crippen molar-refractivity contribution < 1.29 is 19.4 Å². The molecule has 0 aromatic heterocycles. The Morgan fingerprint density at radius 1 is 1.10 bits per heavy atom. The molecule has 21 heavy (non-hydrogen) atoms. The van der Waals surface area contributed by atoms with E-state index in [0.29, 0.717) is 18.6 Å². The molecule has 0 saturated carbocycles. The number of epoxide rings is 1. The van der Waals surface area contributed by atoms with Gasteiger partial charge in [0.05, 0.1) is 18.8 Å². The summed E-state index contributed by atoms with van der Waals surface area (Å²) in [7, 11) is 0. The molecule has 4 heteroatoms. The van der Waals surface area contributed by atoms with Crippen LogP contribution in [0.25, 0.3) is 0 Å². The second kappa shape index (κ2) is 11.0. The van der Waals surface area contributed by atoms with Gasteiger partial charge in [-0.1, -0.05) is 45.4 Å². The van der Waals surface area contributed by atoms with Crippen molar-refractivity contribution in [2.75, 3.05) is 6.61 Å². The summed E-state index contributed by atoms with van der Waals surface area (Å²) in [6.07, 6.45) is 11.8. The lowest BCUT2D eigenvalue weighted by molar-refractivity contribution is -0.150. The van der Waals surface area contributed by atoms with Gasteiger partial charge in [0, 0.05) is 6.42 Å². The van der Waals surface area contributed by atoms with E-state index < -0.39 is 0 Å². The van der Waals surface area contributed by atoms with Crippen LogP contribution in [-0.2, 0) is 14.3 Å². The number of carbonyl (C=O) groups is 1. The van der Waals surface area contributed by atoms with Crippen LogP contribution in [0.4, 0.5) is 0 Å². The maximum Gasteiger partial charge on any atom is 0.306 e. The smallest absolute Gasteiger partial charge is 0.306 e. The Hall–Kier alpha value is -0.610. The van der Waals surface area contributed by atoms with Crippen molar-refractivity contribution in [3.8, 4) is 0 Å². The average molecular weight is 300 g/mol. The molecule has 0 amide bonds. The number of unbranched alkanes of at least 4 members (excludes halogenated alkanes) is 5. The van der Waals surface area contributed by atoms with Gasteiger partial charge in [0.25, 0.3) is 0 Å². The third-order valence-electron chi connectivity index (χ3n) is 3.97. The Labute approximate surface area is 129 Å². The van der Waals surface area contributed by atoms with Gasteiger partial charge in [0.15, 0.2) is 0 Å². The van der Waals surface area contributed by atoms with Gasteiger partial charge in [-0.15, -0.1) is 0 Å². The zero-order valence-corrected chi connectivity index (χ0v) is 13.7. The monoisotopic (exact) mass is 300 g/mol. The molecule has 124 valence electrons. The van der Waals surface area contributed by atoms with Gasteiger partial charge in [-0.05, 0) is 26.2 Å². The topological polar surface area (TPSA) is 59.1 Å². The van der Waals surface area contributed by atoms with E-state index in [1.807, 2.05) is 0 Å². The van der Waals surface area contributed by atoms with Crippen LogP contribution in [0.2, 0.25) is 0 Å².